The Balaban J connectivity index is 3.26. The number of hydrogen-bond acceptors (Lipinski definition) is 2. The van der Waals surface area contributed by atoms with E-state index < -0.39 is 0 Å². The Labute approximate surface area is 110 Å². The van der Waals surface area contributed by atoms with E-state index in [1.165, 1.54) is 0 Å². The van der Waals surface area contributed by atoms with Crippen molar-refractivity contribution >= 4 is 5.69 Å². The summed E-state index contributed by atoms with van der Waals surface area (Å²) in [4.78, 5) is 2.15. The van der Waals surface area contributed by atoms with Gasteiger partial charge in [-0.25, -0.2) is 4.39 Å². The molecule has 1 N–H and O–H groups in total. The minimum atomic E-state index is -0.128. The SMILES string of the molecule is CCCN(c1c(F)cccc1C(C)NC)C(C)C. The van der Waals surface area contributed by atoms with Gasteiger partial charge in [0.1, 0.15) is 5.82 Å². The molecule has 0 aliphatic heterocycles. The van der Waals surface area contributed by atoms with Gasteiger partial charge in [0.25, 0.3) is 0 Å². The van der Waals surface area contributed by atoms with Crippen molar-refractivity contribution in [2.45, 2.75) is 46.2 Å². The lowest BCUT2D eigenvalue weighted by Crippen LogP contribution is -2.34. The van der Waals surface area contributed by atoms with Gasteiger partial charge in [0.2, 0.25) is 0 Å². The van der Waals surface area contributed by atoms with E-state index in [4.69, 9.17) is 0 Å². The second kappa shape index (κ2) is 6.74. The van der Waals surface area contributed by atoms with E-state index in [2.05, 4.69) is 37.9 Å². The number of nitrogens with one attached hydrogen (secondary N) is 1. The fourth-order valence-corrected chi connectivity index (χ4v) is 2.21. The lowest BCUT2D eigenvalue weighted by molar-refractivity contribution is 0.578. The maximum atomic E-state index is 14.2. The number of hydrogen-bond donors (Lipinski definition) is 1. The highest BCUT2D eigenvalue weighted by atomic mass is 19.1. The van der Waals surface area contributed by atoms with Crippen molar-refractivity contribution in [3.05, 3.63) is 29.6 Å². The minimum absolute atomic E-state index is 0.128. The summed E-state index contributed by atoms with van der Waals surface area (Å²) in [6, 6.07) is 5.78. The van der Waals surface area contributed by atoms with Gasteiger partial charge in [0.05, 0.1) is 5.69 Å². The zero-order chi connectivity index (χ0) is 13.7. The Bertz CT molecular complexity index is 377. The van der Waals surface area contributed by atoms with Gasteiger partial charge in [-0.05, 0) is 45.9 Å². The molecule has 0 spiro atoms. The summed E-state index contributed by atoms with van der Waals surface area (Å²) < 4.78 is 14.2. The van der Waals surface area contributed by atoms with Crippen molar-refractivity contribution in [1.29, 1.82) is 0 Å². The highest BCUT2D eigenvalue weighted by Crippen LogP contribution is 2.30. The smallest absolute Gasteiger partial charge is 0.146 e. The maximum Gasteiger partial charge on any atom is 0.146 e. The van der Waals surface area contributed by atoms with Crippen LogP contribution in [-0.4, -0.2) is 19.6 Å². The monoisotopic (exact) mass is 252 g/mol. The summed E-state index contributed by atoms with van der Waals surface area (Å²) in [6.45, 7) is 9.27. The predicted octanol–water partition coefficient (Wildman–Crippen LogP) is 3.73. The number of nitrogens with zero attached hydrogens (tertiary/aromatic N) is 1. The van der Waals surface area contributed by atoms with Crippen molar-refractivity contribution in [2.75, 3.05) is 18.5 Å². The summed E-state index contributed by atoms with van der Waals surface area (Å²) >= 11 is 0. The molecule has 2 nitrogen and oxygen atoms in total. The van der Waals surface area contributed by atoms with Crippen LogP contribution < -0.4 is 10.2 Å². The van der Waals surface area contributed by atoms with Gasteiger partial charge >= 0.3 is 0 Å². The van der Waals surface area contributed by atoms with Crippen LogP contribution in [-0.2, 0) is 0 Å². The molecule has 102 valence electrons. The molecule has 1 unspecified atom stereocenters. The summed E-state index contributed by atoms with van der Waals surface area (Å²) in [7, 11) is 1.90. The molecule has 0 aliphatic rings. The van der Waals surface area contributed by atoms with Crippen LogP contribution in [0.1, 0.15) is 45.7 Å². The van der Waals surface area contributed by atoms with E-state index in [9.17, 15) is 4.39 Å². The second-order valence-corrected chi connectivity index (χ2v) is 4.98. The van der Waals surface area contributed by atoms with Gasteiger partial charge in [0.15, 0.2) is 0 Å². The summed E-state index contributed by atoms with van der Waals surface area (Å²) in [5, 5.41) is 3.19. The zero-order valence-corrected chi connectivity index (χ0v) is 12.1. The molecule has 1 aromatic carbocycles. The van der Waals surface area contributed by atoms with Crippen LogP contribution in [0.25, 0.3) is 0 Å². The van der Waals surface area contributed by atoms with Crippen molar-refractivity contribution in [3.63, 3.8) is 0 Å². The zero-order valence-electron chi connectivity index (χ0n) is 12.1. The Hall–Kier alpha value is -1.09. The first-order valence-electron chi connectivity index (χ1n) is 6.75. The van der Waals surface area contributed by atoms with E-state index in [1.54, 1.807) is 12.1 Å². The second-order valence-electron chi connectivity index (χ2n) is 4.98. The number of anilines is 1. The van der Waals surface area contributed by atoms with Crippen LogP contribution in [0.3, 0.4) is 0 Å². The lowest BCUT2D eigenvalue weighted by atomic mass is 10.0. The maximum absolute atomic E-state index is 14.2. The van der Waals surface area contributed by atoms with E-state index in [0.717, 1.165) is 24.2 Å². The first kappa shape index (κ1) is 15.0. The minimum Gasteiger partial charge on any atom is -0.366 e. The first-order chi connectivity index (χ1) is 8.52. The van der Waals surface area contributed by atoms with Gasteiger partial charge in [-0.1, -0.05) is 19.1 Å². The molecular weight excluding hydrogens is 227 g/mol. The normalized spacial score (nSPS) is 12.8. The average molecular weight is 252 g/mol. The third-order valence-electron chi connectivity index (χ3n) is 3.29. The Kier molecular flexibility index (Phi) is 5.60. The molecule has 0 saturated heterocycles. The Morgan fingerprint density at radius 2 is 1.94 bits per heavy atom. The number of halogens is 1. The molecule has 0 fully saturated rings. The molecular formula is C15H25FN2. The Morgan fingerprint density at radius 1 is 1.28 bits per heavy atom. The third kappa shape index (κ3) is 3.22. The van der Waals surface area contributed by atoms with Crippen LogP contribution >= 0.6 is 0 Å². The molecule has 1 aromatic rings. The highest BCUT2D eigenvalue weighted by Gasteiger charge is 2.20. The van der Waals surface area contributed by atoms with Crippen LogP contribution in [0.5, 0.6) is 0 Å². The standard InChI is InChI=1S/C15H25FN2/c1-6-10-18(11(2)3)15-13(12(4)17-5)8-7-9-14(15)16/h7-9,11-12,17H,6,10H2,1-5H3. The molecule has 0 amide bonds. The van der Waals surface area contributed by atoms with E-state index in [-0.39, 0.29) is 11.9 Å². The molecule has 0 aliphatic carbocycles. The number of para-hydroxylation sites is 1. The molecule has 0 aromatic heterocycles. The average Bonchev–Trinajstić information content (AvgIpc) is 2.35. The van der Waals surface area contributed by atoms with E-state index in [1.807, 2.05) is 13.1 Å². The topological polar surface area (TPSA) is 15.3 Å². The van der Waals surface area contributed by atoms with Crippen LogP contribution in [0, 0.1) is 5.82 Å². The molecule has 0 heterocycles. The van der Waals surface area contributed by atoms with Crippen LogP contribution in [0.4, 0.5) is 10.1 Å². The Morgan fingerprint density at radius 3 is 2.44 bits per heavy atom. The predicted molar refractivity (Wildman–Crippen MR) is 76.6 cm³/mol. The van der Waals surface area contributed by atoms with Gasteiger partial charge in [-0.2, -0.15) is 0 Å². The summed E-state index contributed by atoms with van der Waals surface area (Å²) in [5.41, 5.74) is 1.77. The van der Waals surface area contributed by atoms with Gasteiger partial charge in [-0.3, -0.25) is 0 Å². The molecule has 3 heteroatoms. The molecule has 0 radical (unpaired) electrons. The molecule has 0 bridgehead atoms. The van der Waals surface area contributed by atoms with Crippen molar-refractivity contribution in [2.24, 2.45) is 0 Å². The van der Waals surface area contributed by atoms with Gasteiger partial charge in [0, 0.05) is 18.6 Å². The number of benzene rings is 1. The van der Waals surface area contributed by atoms with E-state index in [0.29, 0.717) is 6.04 Å². The molecule has 0 saturated carbocycles. The fourth-order valence-electron chi connectivity index (χ4n) is 2.21. The quantitative estimate of drug-likeness (QED) is 0.830. The molecule has 18 heavy (non-hydrogen) atoms. The largest absolute Gasteiger partial charge is 0.366 e. The third-order valence-corrected chi connectivity index (χ3v) is 3.29. The van der Waals surface area contributed by atoms with Crippen molar-refractivity contribution in [1.82, 2.24) is 5.32 Å². The molecule has 1 rings (SSSR count). The van der Waals surface area contributed by atoms with Crippen molar-refractivity contribution in [3.8, 4) is 0 Å². The van der Waals surface area contributed by atoms with Crippen molar-refractivity contribution < 1.29 is 4.39 Å². The fraction of sp³-hybridized carbons (Fsp3) is 0.600. The summed E-state index contributed by atoms with van der Waals surface area (Å²) in [5.74, 6) is -0.128. The number of rotatable bonds is 6. The van der Waals surface area contributed by atoms with Crippen LogP contribution in [0.15, 0.2) is 18.2 Å². The van der Waals surface area contributed by atoms with E-state index >= 15 is 0 Å². The highest BCUT2D eigenvalue weighted by molar-refractivity contribution is 5.56. The molecule has 1 atom stereocenters. The lowest BCUT2D eigenvalue weighted by Gasteiger charge is -2.32. The summed E-state index contributed by atoms with van der Waals surface area (Å²) in [6.07, 6.45) is 1.01. The van der Waals surface area contributed by atoms with Gasteiger partial charge in [-0.15, -0.1) is 0 Å². The van der Waals surface area contributed by atoms with Crippen LogP contribution in [0.2, 0.25) is 0 Å². The first-order valence-corrected chi connectivity index (χ1v) is 6.75. The van der Waals surface area contributed by atoms with Gasteiger partial charge < -0.3 is 10.2 Å².